The number of amides is 7. The molecule has 3 saturated heterocycles. The molecular formula is C55H83N7O11. The highest BCUT2D eigenvalue weighted by Crippen LogP contribution is 2.40. The van der Waals surface area contributed by atoms with Crippen molar-refractivity contribution in [1.29, 1.82) is 0 Å². The maximum atomic E-state index is 14.6. The minimum atomic E-state index is -1.17. The Hall–Kier alpha value is -5.75. The lowest BCUT2D eigenvalue weighted by atomic mass is 9.72. The van der Waals surface area contributed by atoms with Gasteiger partial charge in [0.15, 0.2) is 6.29 Å². The van der Waals surface area contributed by atoms with E-state index in [-0.39, 0.29) is 61.7 Å². The van der Waals surface area contributed by atoms with Crippen LogP contribution in [0.25, 0.3) is 0 Å². The molecule has 0 aromatic heterocycles. The van der Waals surface area contributed by atoms with Gasteiger partial charge in [0.25, 0.3) is 0 Å². The van der Waals surface area contributed by atoms with Crippen molar-refractivity contribution in [3.8, 4) is 0 Å². The van der Waals surface area contributed by atoms with E-state index < -0.39 is 65.3 Å². The smallest absolute Gasteiger partial charge is 0.408 e. The molecule has 5 atom stereocenters. The van der Waals surface area contributed by atoms with Crippen LogP contribution in [0.1, 0.15) is 131 Å². The second-order valence-electron chi connectivity index (χ2n) is 22.3. The standard InChI is InChI=1S/C55H83N7O11/c1-38(2)25-26-41(57-48(65)43(33-39-19-11-9-12-20-39)59-49(66)44(34-40-21-13-10-14-22-40)60-52(69)73-54(6,7)8)47(64)58-42(23-15-17-29-56-51(68)72-53(3,4)5)50(67)61-30-27-55(28-31-61)36-62(37-55)45(63)35-71-46-24-16-18-32-70-46/h9-14,19-22,38,41-44,46H,15-18,23-37H2,1-8H3,(H,56,68)(H,57,65)(H,58,64)(H,59,66)(H,60,69)/t41-,42-,43-,44-,46?/m1/s1. The normalized spacial score (nSPS) is 18.3. The number of carbonyl (C=O) groups excluding carboxylic acids is 7. The average Bonchev–Trinajstić information content (AvgIpc) is 3.32. The van der Waals surface area contributed by atoms with Crippen LogP contribution in [-0.4, -0.2) is 139 Å². The molecular weight excluding hydrogens is 935 g/mol. The van der Waals surface area contributed by atoms with Crippen LogP contribution in [0, 0.1) is 11.3 Å². The third-order valence-electron chi connectivity index (χ3n) is 13.1. The average molecular weight is 1020 g/mol. The summed E-state index contributed by atoms with van der Waals surface area (Å²) in [5, 5.41) is 14.3. The molecule has 18 heteroatoms. The van der Waals surface area contributed by atoms with Crippen molar-refractivity contribution in [3.05, 3.63) is 71.8 Å². The first-order valence-electron chi connectivity index (χ1n) is 26.3. The molecule has 0 aliphatic carbocycles. The Balaban J connectivity index is 1.29. The van der Waals surface area contributed by atoms with Crippen LogP contribution in [0.3, 0.4) is 0 Å². The number of hydrogen-bond acceptors (Lipinski definition) is 11. The van der Waals surface area contributed by atoms with Gasteiger partial charge in [-0.15, -0.1) is 0 Å². The first-order valence-corrected chi connectivity index (χ1v) is 26.3. The third-order valence-corrected chi connectivity index (χ3v) is 13.1. The van der Waals surface area contributed by atoms with Crippen LogP contribution in [0.4, 0.5) is 9.59 Å². The lowest BCUT2D eigenvalue weighted by Gasteiger charge is -2.54. The van der Waals surface area contributed by atoms with Crippen LogP contribution < -0.4 is 26.6 Å². The Kier molecular flexibility index (Phi) is 21.9. The number of likely N-dealkylation sites (tertiary alicyclic amines) is 2. The first-order chi connectivity index (χ1) is 34.6. The number of alkyl carbamates (subject to hydrolysis) is 2. The van der Waals surface area contributed by atoms with E-state index in [0.717, 1.165) is 30.4 Å². The van der Waals surface area contributed by atoms with E-state index in [1.807, 2.05) is 74.5 Å². The first kappa shape index (κ1) is 58.1. The van der Waals surface area contributed by atoms with Crippen LogP contribution in [0.15, 0.2) is 60.7 Å². The summed E-state index contributed by atoms with van der Waals surface area (Å²) in [4.78, 5) is 100.0. The van der Waals surface area contributed by atoms with E-state index in [4.69, 9.17) is 18.9 Å². The SMILES string of the molecule is CC(C)CC[C@@H](NC(=O)[C@@H](Cc1ccccc1)NC(=O)[C@@H](Cc1ccccc1)NC(=O)OC(C)(C)C)C(=O)N[C@H](CCCCNC(=O)OC(C)(C)C)C(=O)N1CCC2(CC1)CN(C(=O)COC1CCCCO1)C2. The van der Waals surface area contributed by atoms with Gasteiger partial charge in [-0.1, -0.05) is 74.5 Å². The number of carbonyl (C=O) groups is 7. The molecule has 5 N–H and O–H groups in total. The van der Waals surface area contributed by atoms with Crippen molar-refractivity contribution in [1.82, 2.24) is 36.4 Å². The quantitative estimate of drug-likeness (QED) is 0.0820. The molecule has 5 rings (SSSR count). The van der Waals surface area contributed by atoms with E-state index in [2.05, 4.69) is 26.6 Å². The van der Waals surface area contributed by atoms with Crippen molar-refractivity contribution in [2.24, 2.45) is 11.3 Å². The van der Waals surface area contributed by atoms with Gasteiger partial charge >= 0.3 is 12.2 Å². The predicted octanol–water partition coefficient (Wildman–Crippen LogP) is 5.94. The summed E-state index contributed by atoms with van der Waals surface area (Å²) < 4.78 is 22.2. The van der Waals surface area contributed by atoms with Crippen molar-refractivity contribution in [3.63, 3.8) is 0 Å². The van der Waals surface area contributed by atoms with Crippen LogP contribution >= 0.6 is 0 Å². The molecule has 3 heterocycles. The zero-order valence-electron chi connectivity index (χ0n) is 44.6. The number of unbranched alkanes of at least 4 members (excludes halogenated alkanes) is 1. The highest BCUT2D eigenvalue weighted by atomic mass is 16.7. The Morgan fingerprint density at radius 1 is 0.644 bits per heavy atom. The van der Waals surface area contributed by atoms with Crippen molar-refractivity contribution >= 4 is 41.7 Å². The highest BCUT2D eigenvalue weighted by molar-refractivity contribution is 5.95. The van der Waals surface area contributed by atoms with Gasteiger partial charge in [-0.2, -0.15) is 0 Å². The Labute approximate surface area is 432 Å². The van der Waals surface area contributed by atoms with Crippen LogP contribution in [0.2, 0.25) is 0 Å². The molecule has 7 amide bonds. The fourth-order valence-electron chi connectivity index (χ4n) is 9.17. The van der Waals surface area contributed by atoms with Gasteiger partial charge < -0.3 is 55.3 Å². The summed E-state index contributed by atoms with van der Waals surface area (Å²) in [6.07, 6.45) is 4.73. The summed E-state index contributed by atoms with van der Waals surface area (Å²) in [5.41, 5.74) is -0.0799. The minimum Gasteiger partial charge on any atom is -0.444 e. The molecule has 1 unspecified atom stereocenters. The number of hydrogen-bond donors (Lipinski definition) is 5. The Morgan fingerprint density at radius 3 is 1.73 bits per heavy atom. The number of ether oxygens (including phenoxy) is 4. The van der Waals surface area contributed by atoms with Crippen LogP contribution in [-0.2, 0) is 55.8 Å². The monoisotopic (exact) mass is 1020 g/mol. The fraction of sp³-hybridized carbons (Fsp3) is 0.655. The number of nitrogens with one attached hydrogen (secondary N) is 5. The maximum absolute atomic E-state index is 14.6. The second-order valence-corrected chi connectivity index (χ2v) is 22.3. The zero-order chi connectivity index (χ0) is 53.2. The van der Waals surface area contributed by atoms with Crippen molar-refractivity contribution < 1.29 is 52.5 Å². The topological polar surface area (TPSA) is 223 Å². The number of rotatable bonds is 23. The van der Waals surface area contributed by atoms with Crippen molar-refractivity contribution in [2.75, 3.05) is 45.9 Å². The molecule has 1 spiro atoms. The van der Waals surface area contributed by atoms with Gasteiger partial charge in [-0.25, -0.2) is 9.59 Å². The Morgan fingerprint density at radius 2 is 1.18 bits per heavy atom. The molecule has 3 fully saturated rings. The van der Waals surface area contributed by atoms with E-state index in [1.165, 1.54) is 0 Å². The van der Waals surface area contributed by atoms with E-state index in [0.29, 0.717) is 71.4 Å². The lowest BCUT2D eigenvalue weighted by Crippen LogP contribution is -2.64. The Bertz CT molecular complexity index is 2110. The fourth-order valence-corrected chi connectivity index (χ4v) is 9.17. The molecule has 0 radical (unpaired) electrons. The minimum absolute atomic E-state index is 0.0243. The molecule has 3 aliphatic rings. The molecule has 0 bridgehead atoms. The van der Waals surface area contributed by atoms with Crippen LogP contribution in [0.5, 0.6) is 0 Å². The number of benzene rings is 2. The third kappa shape index (κ3) is 20.2. The molecule has 0 saturated carbocycles. The van der Waals surface area contributed by atoms with Gasteiger partial charge in [-0.3, -0.25) is 24.0 Å². The second kappa shape index (κ2) is 27.5. The number of piperidine rings is 1. The van der Waals surface area contributed by atoms with E-state index in [9.17, 15) is 33.6 Å². The van der Waals surface area contributed by atoms with Crippen molar-refractivity contribution in [2.45, 2.75) is 174 Å². The van der Waals surface area contributed by atoms with Gasteiger partial charge in [-0.05, 0) is 123 Å². The largest absolute Gasteiger partial charge is 0.444 e. The zero-order valence-corrected chi connectivity index (χ0v) is 44.6. The lowest BCUT2D eigenvalue weighted by molar-refractivity contribution is -0.182. The summed E-state index contributed by atoms with van der Waals surface area (Å²) in [6, 6.07) is 14.0. The highest BCUT2D eigenvalue weighted by Gasteiger charge is 2.48. The number of nitrogens with zero attached hydrogens (tertiary/aromatic N) is 2. The maximum Gasteiger partial charge on any atom is 0.408 e. The van der Waals surface area contributed by atoms with E-state index in [1.54, 1.807) is 51.3 Å². The van der Waals surface area contributed by atoms with Gasteiger partial charge in [0, 0.05) is 57.6 Å². The van der Waals surface area contributed by atoms with E-state index >= 15 is 0 Å². The van der Waals surface area contributed by atoms with Gasteiger partial charge in [0.1, 0.15) is 42.0 Å². The molecule has 73 heavy (non-hydrogen) atoms. The molecule has 2 aromatic rings. The van der Waals surface area contributed by atoms with Gasteiger partial charge in [0.05, 0.1) is 0 Å². The summed E-state index contributed by atoms with van der Waals surface area (Å²) in [7, 11) is 0. The van der Waals surface area contributed by atoms with Gasteiger partial charge in [0.2, 0.25) is 29.5 Å². The predicted molar refractivity (Wildman–Crippen MR) is 276 cm³/mol. The molecule has 2 aromatic carbocycles. The summed E-state index contributed by atoms with van der Waals surface area (Å²) in [6.45, 7) is 17.5. The molecule has 18 nitrogen and oxygen atoms in total. The molecule has 404 valence electrons. The summed E-state index contributed by atoms with van der Waals surface area (Å²) in [5.74, 6) is -1.93. The summed E-state index contributed by atoms with van der Waals surface area (Å²) >= 11 is 0. The molecule has 3 aliphatic heterocycles.